The highest BCUT2D eigenvalue weighted by Gasteiger charge is 2.33. The van der Waals surface area contributed by atoms with Crippen LogP contribution in [-0.4, -0.2) is 4.98 Å². The molecular weight excluding hydrogens is 490 g/mol. The van der Waals surface area contributed by atoms with E-state index in [-0.39, 0.29) is 5.41 Å². The Kier molecular flexibility index (Phi) is 6.09. The summed E-state index contributed by atoms with van der Waals surface area (Å²) in [4.78, 5) is 4.91. The van der Waals surface area contributed by atoms with Crippen molar-refractivity contribution in [2.45, 2.75) is 44.9 Å². The van der Waals surface area contributed by atoms with Crippen LogP contribution in [0.15, 0.2) is 109 Å². The van der Waals surface area contributed by atoms with Gasteiger partial charge in [-0.2, -0.15) is 0 Å². The molecule has 39 heavy (non-hydrogen) atoms. The van der Waals surface area contributed by atoms with Crippen LogP contribution in [-0.2, 0) is 5.41 Å². The van der Waals surface area contributed by atoms with Crippen LogP contribution >= 0.6 is 11.3 Å². The van der Waals surface area contributed by atoms with Crippen molar-refractivity contribution in [3.63, 3.8) is 0 Å². The predicted octanol–water partition coefficient (Wildman–Crippen LogP) is 10.9. The Hall–Kier alpha value is -3.75. The molecule has 192 valence electrons. The Morgan fingerprint density at radius 1 is 0.641 bits per heavy atom. The molecule has 1 aliphatic rings. The monoisotopic (exact) mass is 523 g/mol. The van der Waals surface area contributed by atoms with Crippen LogP contribution in [0.1, 0.15) is 45.1 Å². The van der Waals surface area contributed by atoms with E-state index in [1.807, 2.05) is 17.5 Å². The SMILES string of the molecule is CC(C)(c1ccnc(-c2cccc3c2sc2c(-c4ccccc4-c4ccccc4)cccc23)c1)C1CCCC1. The summed E-state index contributed by atoms with van der Waals surface area (Å²) in [6.45, 7) is 4.86. The lowest BCUT2D eigenvalue weighted by atomic mass is 9.72. The molecule has 0 radical (unpaired) electrons. The average Bonchev–Trinajstić information content (AvgIpc) is 3.67. The topological polar surface area (TPSA) is 12.9 Å². The van der Waals surface area contributed by atoms with Gasteiger partial charge >= 0.3 is 0 Å². The number of hydrogen-bond donors (Lipinski definition) is 0. The maximum atomic E-state index is 4.91. The van der Waals surface area contributed by atoms with Gasteiger partial charge in [0.2, 0.25) is 0 Å². The van der Waals surface area contributed by atoms with Crippen molar-refractivity contribution in [3.8, 4) is 33.5 Å². The van der Waals surface area contributed by atoms with Crippen molar-refractivity contribution in [3.05, 3.63) is 115 Å². The molecule has 4 aromatic carbocycles. The molecule has 0 saturated heterocycles. The van der Waals surface area contributed by atoms with E-state index in [0.29, 0.717) is 0 Å². The van der Waals surface area contributed by atoms with E-state index in [4.69, 9.17) is 4.98 Å². The molecule has 1 nitrogen and oxygen atoms in total. The third-order valence-electron chi connectivity index (χ3n) is 8.98. The van der Waals surface area contributed by atoms with Crippen molar-refractivity contribution >= 4 is 31.5 Å². The first kappa shape index (κ1) is 24.3. The van der Waals surface area contributed by atoms with E-state index in [1.54, 1.807) is 0 Å². The first-order valence-corrected chi connectivity index (χ1v) is 15.0. The van der Waals surface area contributed by atoms with Crippen LogP contribution in [0.3, 0.4) is 0 Å². The fraction of sp³-hybridized carbons (Fsp3) is 0.216. The smallest absolute Gasteiger partial charge is 0.0719 e. The van der Waals surface area contributed by atoms with Gasteiger partial charge in [-0.1, -0.05) is 118 Å². The highest BCUT2D eigenvalue weighted by atomic mass is 32.1. The van der Waals surface area contributed by atoms with E-state index in [1.165, 1.54) is 79.2 Å². The Bertz CT molecular complexity index is 1790. The highest BCUT2D eigenvalue weighted by Crippen LogP contribution is 2.46. The Morgan fingerprint density at radius 3 is 2.00 bits per heavy atom. The van der Waals surface area contributed by atoms with Gasteiger partial charge in [0.1, 0.15) is 0 Å². The van der Waals surface area contributed by atoms with E-state index < -0.39 is 0 Å². The van der Waals surface area contributed by atoms with Gasteiger partial charge in [0, 0.05) is 37.5 Å². The second-order valence-electron chi connectivity index (χ2n) is 11.5. The zero-order chi connectivity index (χ0) is 26.4. The number of nitrogens with zero attached hydrogens (tertiary/aromatic N) is 1. The quantitative estimate of drug-likeness (QED) is 0.219. The van der Waals surface area contributed by atoms with Gasteiger partial charge in [-0.25, -0.2) is 0 Å². The largest absolute Gasteiger partial charge is 0.256 e. The molecule has 6 aromatic rings. The van der Waals surface area contributed by atoms with Crippen LogP contribution in [0, 0.1) is 5.92 Å². The van der Waals surface area contributed by atoms with E-state index in [0.717, 1.165) is 11.6 Å². The summed E-state index contributed by atoms with van der Waals surface area (Å²) in [7, 11) is 0. The first-order chi connectivity index (χ1) is 19.1. The van der Waals surface area contributed by atoms with Crippen molar-refractivity contribution in [2.24, 2.45) is 5.92 Å². The molecule has 0 aliphatic heterocycles. The number of rotatable bonds is 5. The maximum absolute atomic E-state index is 4.91. The van der Waals surface area contributed by atoms with Crippen molar-refractivity contribution in [1.29, 1.82) is 0 Å². The molecule has 1 fully saturated rings. The fourth-order valence-corrected chi connectivity index (χ4v) is 8.03. The van der Waals surface area contributed by atoms with Crippen LogP contribution in [0.2, 0.25) is 0 Å². The molecule has 0 bridgehead atoms. The molecule has 1 saturated carbocycles. The standard InChI is InChI=1S/C37H33NS/c1-37(2,26-14-6-7-15-26)27-22-23-38-34(24-27)33-21-11-20-32-31-19-10-18-30(35(31)39-36(32)33)29-17-9-8-16-28(29)25-12-4-3-5-13-25/h3-5,8-13,16-24,26H,6-7,14-15H2,1-2H3. The number of pyridine rings is 1. The molecule has 7 rings (SSSR count). The minimum atomic E-state index is 0.163. The lowest BCUT2D eigenvalue weighted by Crippen LogP contribution is -2.26. The van der Waals surface area contributed by atoms with Gasteiger partial charge in [-0.3, -0.25) is 4.98 Å². The van der Waals surface area contributed by atoms with E-state index in [9.17, 15) is 0 Å². The minimum absolute atomic E-state index is 0.163. The number of aromatic nitrogens is 1. The first-order valence-electron chi connectivity index (χ1n) is 14.2. The fourth-order valence-electron chi connectivity index (χ4n) is 6.68. The van der Waals surface area contributed by atoms with E-state index >= 15 is 0 Å². The van der Waals surface area contributed by atoms with Gasteiger partial charge in [0.05, 0.1) is 5.69 Å². The molecule has 1 aliphatic carbocycles. The second kappa shape index (κ2) is 9.77. The molecule has 2 aromatic heterocycles. The summed E-state index contributed by atoms with van der Waals surface area (Å²) in [6.07, 6.45) is 7.42. The molecule has 0 atom stereocenters. The van der Waals surface area contributed by atoms with Gasteiger partial charge in [-0.05, 0) is 58.6 Å². The van der Waals surface area contributed by atoms with Gasteiger partial charge in [-0.15, -0.1) is 11.3 Å². The number of hydrogen-bond acceptors (Lipinski definition) is 2. The number of fused-ring (bicyclic) bond motifs is 3. The minimum Gasteiger partial charge on any atom is -0.256 e. The Balaban J connectivity index is 1.39. The van der Waals surface area contributed by atoms with Gasteiger partial charge < -0.3 is 0 Å². The molecule has 2 heteroatoms. The molecule has 0 unspecified atom stereocenters. The zero-order valence-electron chi connectivity index (χ0n) is 22.7. The molecular formula is C37H33NS. The zero-order valence-corrected chi connectivity index (χ0v) is 23.5. The maximum Gasteiger partial charge on any atom is 0.0719 e. The molecule has 0 spiro atoms. The summed E-state index contributed by atoms with van der Waals surface area (Å²) < 4.78 is 2.66. The Morgan fingerprint density at radius 2 is 1.26 bits per heavy atom. The number of thiophene rings is 1. The van der Waals surface area contributed by atoms with Gasteiger partial charge in [0.25, 0.3) is 0 Å². The summed E-state index contributed by atoms with van der Waals surface area (Å²) >= 11 is 1.91. The van der Waals surface area contributed by atoms with Crippen LogP contribution < -0.4 is 0 Å². The second-order valence-corrected chi connectivity index (χ2v) is 12.5. The Labute approximate surface area is 235 Å². The third-order valence-corrected chi connectivity index (χ3v) is 10.3. The lowest BCUT2D eigenvalue weighted by Gasteiger charge is -2.32. The summed E-state index contributed by atoms with van der Waals surface area (Å²) in [6, 6.07) is 37.6. The lowest BCUT2D eigenvalue weighted by molar-refractivity contribution is 0.325. The highest BCUT2D eigenvalue weighted by molar-refractivity contribution is 7.26. The molecule has 0 N–H and O–H groups in total. The van der Waals surface area contributed by atoms with Crippen molar-refractivity contribution in [2.75, 3.05) is 0 Å². The van der Waals surface area contributed by atoms with E-state index in [2.05, 4.69) is 117 Å². The predicted molar refractivity (Wildman–Crippen MR) is 168 cm³/mol. The van der Waals surface area contributed by atoms with Crippen molar-refractivity contribution in [1.82, 2.24) is 4.98 Å². The van der Waals surface area contributed by atoms with Crippen LogP contribution in [0.4, 0.5) is 0 Å². The number of benzene rings is 4. The summed E-state index contributed by atoms with van der Waals surface area (Å²) in [5.74, 6) is 0.750. The third kappa shape index (κ3) is 4.19. The summed E-state index contributed by atoms with van der Waals surface area (Å²) in [5, 5.41) is 2.63. The molecule has 2 heterocycles. The average molecular weight is 524 g/mol. The van der Waals surface area contributed by atoms with Crippen molar-refractivity contribution < 1.29 is 0 Å². The molecule has 0 amide bonds. The van der Waals surface area contributed by atoms with Crippen LogP contribution in [0.5, 0.6) is 0 Å². The summed E-state index contributed by atoms with van der Waals surface area (Å²) in [5.41, 5.74) is 8.99. The normalized spacial score (nSPS) is 14.4. The van der Waals surface area contributed by atoms with Gasteiger partial charge in [0.15, 0.2) is 0 Å². The van der Waals surface area contributed by atoms with Crippen LogP contribution in [0.25, 0.3) is 53.7 Å².